The highest BCUT2D eigenvalue weighted by molar-refractivity contribution is 5.68. The molecular weight excluding hydrogens is 336 g/mol. The fourth-order valence-corrected chi connectivity index (χ4v) is 2.71. The fraction of sp³-hybridized carbons (Fsp3) is 0.353. The van der Waals surface area contributed by atoms with Gasteiger partial charge in [0.15, 0.2) is 23.4 Å². The van der Waals surface area contributed by atoms with Gasteiger partial charge in [-0.05, 0) is 5.56 Å². The average Bonchev–Trinajstić information content (AvgIpc) is 3.15. The Labute approximate surface area is 149 Å². The Morgan fingerprint density at radius 2 is 2.00 bits per heavy atom. The van der Waals surface area contributed by atoms with Crippen molar-refractivity contribution >= 4 is 11.2 Å². The van der Waals surface area contributed by atoms with Gasteiger partial charge in [0.1, 0.15) is 11.6 Å². The highest BCUT2D eigenvalue weighted by atomic mass is 16.7. The molecule has 2 atom stereocenters. The Kier molecular flexibility index (Phi) is 4.62. The van der Waals surface area contributed by atoms with E-state index >= 15 is 0 Å². The summed E-state index contributed by atoms with van der Waals surface area (Å²) in [6.07, 6.45) is 2.05. The van der Waals surface area contributed by atoms with Crippen molar-refractivity contribution in [1.82, 2.24) is 19.9 Å². The lowest BCUT2D eigenvalue weighted by molar-refractivity contribution is -0.249. The third-order valence-corrected chi connectivity index (χ3v) is 4.24. The number of imidazole rings is 1. The van der Waals surface area contributed by atoms with Crippen LogP contribution in [0.4, 0.5) is 0 Å². The van der Waals surface area contributed by atoms with E-state index < -0.39 is 18.1 Å². The molecule has 0 radical (unpaired) electrons. The number of H-pyrrole nitrogens is 1. The minimum absolute atomic E-state index is 0.175. The number of nitrogens with zero attached hydrogens (tertiary/aromatic N) is 3. The molecule has 0 saturated carbocycles. The SMILES string of the molecule is NC(N)(c1ncc2[nH]cnc2n1)C1COC(OCc2ccccc2)CO1. The molecule has 0 amide bonds. The van der Waals surface area contributed by atoms with Crippen LogP contribution in [0.3, 0.4) is 0 Å². The van der Waals surface area contributed by atoms with Gasteiger partial charge in [-0.3, -0.25) is 0 Å². The Morgan fingerprint density at radius 1 is 1.15 bits per heavy atom. The summed E-state index contributed by atoms with van der Waals surface area (Å²) in [5.74, 6) is 0.245. The van der Waals surface area contributed by atoms with Crippen molar-refractivity contribution in [1.29, 1.82) is 0 Å². The van der Waals surface area contributed by atoms with Crippen molar-refractivity contribution in [3.05, 3.63) is 54.2 Å². The number of nitrogens with two attached hydrogens (primary N) is 2. The zero-order valence-electron chi connectivity index (χ0n) is 14.0. The van der Waals surface area contributed by atoms with Crippen molar-refractivity contribution in [2.75, 3.05) is 13.2 Å². The minimum Gasteiger partial charge on any atom is -0.367 e. The van der Waals surface area contributed by atoms with E-state index in [0.29, 0.717) is 17.8 Å². The second kappa shape index (κ2) is 7.06. The molecule has 3 heterocycles. The van der Waals surface area contributed by atoms with Gasteiger partial charge in [-0.1, -0.05) is 30.3 Å². The topological polar surface area (TPSA) is 134 Å². The van der Waals surface area contributed by atoms with Gasteiger partial charge >= 0.3 is 0 Å². The predicted molar refractivity (Wildman–Crippen MR) is 92.4 cm³/mol. The fourth-order valence-electron chi connectivity index (χ4n) is 2.71. The maximum atomic E-state index is 6.25. The van der Waals surface area contributed by atoms with Crippen LogP contribution in [-0.4, -0.2) is 45.5 Å². The molecule has 1 aliphatic heterocycles. The second-order valence-corrected chi connectivity index (χ2v) is 6.15. The molecule has 0 aliphatic carbocycles. The lowest BCUT2D eigenvalue weighted by Gasteiger charge is -2.37. The van der Waals surface area contributed by atoms with E-state index in [2.05, 4.69) is 19.9 Å². The molecule has 1 fully saturated rings. The Morgan fingerprint density at radius 3 is 2.77 bits per heavy atom. The molecule has 0 spiro atoms. The number of fused-ring (bicyclic) bond motifs is 1. The smallest absolute Gasteiger partial charge is 0.181 e. The standard InChI is InChI=1S/C17H20N6O3/c18-17(19,16-20-6-12-15(23-16)22-10-21-12)13-8-26-14(9-24-13)25-7-11-4-2-1-3-5-11/h1-6,10,13-14H,7-9,18-19H2,(H,20,21,22,23). The second-order valence-electron chi connectivity index (χ2n) is 6.15. The van der Waals surface area contributed by atoms with Crippen molar-refractivity contribution in [3.8, 4) is 0 Å². The normalized spacial score (nSPS) is 21.2. The first-order chi connectivity index (χ1) is 12.6. The van der Waals surface area contributed by atoms with Gasteiger partial charge in [-0.25, -0.2) is 15.0 Å². The molecule has 1 aromatic carbocycles. The zero-order valence-corrected chi connectivity index (χ0v) is 14.0. The van der Waals surface area contributed by atoms with Crippen molar-refractivity contribution in [3.63, 3.8) is 0 Å². The van der Waals surface area contributed by atoms with Crippen molar-refractivity contribution in [2.45, 2.75) is 24.7 Å². The van der Waals surface area contributed by atoms with Crippen LogP contribution < -0.4 is 11.5 Å². The molecule has 9 heteroatoms. The van der Waals surface area contributed by atoms with Crippen LogP contribution in [0.2, 0.25) is 0 Å². The van der Waals surface area contributed by atoms with E-state index in [4.69, 9.17) is 25.7 Å². The largest absolute Gasteiger partial charge is 0.367 e. The Bertz CT molecular complexity index is 861. The van der Waals surface area contributed by atoms with Crippen LogP contribution in [0.15, 0.2) is 42.9 Å². The molecule has 1 aliphatic rings. The summed E-state index contributed by atoms with van der Waals surface area (Å²) in [5, 5.41) is 0. The number of benzene rings is 1. The van der Waals surface area contributed by atoms with Gasteiger partial charge in [0.25, 0.3) is 0 Å². The summed E-state index contributed by atoms with van der Waals surface area (Å²) in [7, 11) is 0. The highest BCUT2D eigenvalue weighted by Gasteiger charge is 2.40. The van der Waals surface area contributed by atoms with Crippen LogP contribution in [0.5, 0.6) is 0 Å². The van der Waals surface area contributed by atoms with E-state index in [1.165, 1.54) is 6.33 Å². The monoisotopic (exact) mass is 356 g/mol. The van der Waals surface area contributed by atoms with Crippen LogP contribution in [0.25, 0.3) is 11.2 Å². The first kappa shape index (κ1) is 17.0. The van der Waals surface area contributed by atoms with E-state index in [1.54, 1.807) is 6.20 Å². The molecule has 2 unspecified atom stereocenters. The highest BCUT2D eigenvalue weighted by Crippen LogP contribution is 2.22. The van der Waals surface area contributed by atoms with Gasteiger partial charge < -0.3 is 30.7 Å². The van der Waals surface area contributed by atoms with Crippen LogP contribution in [0.1, 0.15) is 11.4 Å². The summed E-state index contributed by atoms with van der Waals surface area (Å²) in [6, 6.07) is 9.85. The summed E-state index contributed by atoms with van der Waals surface area (Å²) >= 11 is 0. The zero-order chi connectivity index (χ0) is 18.0. The maximum Gasteiger partial charge on any atom is 0.181 e. The minimum atomic E-state index is -1.41. The van der Waals surface area contributed by atoms with Gasteiger partial charge in [-0.2, -0.15) is 0 Å². The summed E-state index contributed by atoms with van der Waals surface area (Å²) in [6.45, 7) is 0.835. The summed E-state index contributed by atoms with van der Waals surface area (Å²) < 4.78 is 17.2. The number of hydrogen-bond donors (Lipinski definition) is 3. The lowest BCUT2D eigenvalue weighted by Crippen LogP contribution is -2.61. The van der Waals surface area contributed by atoms with Gasteiger partial charge in [0.2, 0.25) is 0 Å². The number of rotatable bonds is 5. The van der Waals surface area contributed by atoms with E-state index in [0.717, 1.165) is 5.56 Å². The summed E-state index contributed by atoms with van der Waals surface area (Å²) in [4.78, 5) is 15.5. The lowest BCUT2D eigenvalue weighted by atomic mass is 10.0. The molecule has 2 aromatic heterocycles. The Balaban J connectivity index is 1.37. The average molecular weight is 356 g/mol. The van der Waals surface area contributed by atoms with Crippen LogP contribution >= 0.6 is 0 Å². The van der Waals surface area contributed by atoms with Gasteiger partial charge in [0.05, 0.1) is 32.3 Å². The van der Waals surface area contributed by atoms with Crippen molar-refractivity contribution in [2.24, 2.45) is 11.5 Å². The van der Waals surface area contributed by atoms with E-state index in [9.17, 15) is 0 Å². The number of aromatic amines is 1. The molecule has 0 bridgehead atoms. The Hall–Kier alpha value is -2.43. The number of ether oxygens (including phenoxy) is 3. The van der Waals surface area contributed by atoms with E-state index in [-0.39, 0.29) is 19.0 Å². The maximum absolute atomic E-state index is 6.25. The molecule has 4 rings (SSSR count). The number of nitrogens with one attached hydrogen (secondary N) is 1. The predicted octanol–water partition coefficient (Wildman–Crippen LogP) is 0.381. The molecule has 136 valence electrons. The molecule has 5 N–H and O–H groups in total. The quantitative estimate of drug-likeness (QED) is 0.559. The third kappa shape index (κ3) is 3.43. The third-order valence-electron chi connectivity index (χ3n) is 4.24. The van der Waals surface area contributed by atoms with Crippen LogP contribution in [-0.2, 0) is 26.5 Å². The van der Waals surface area contributed by atoms with Crippen molar-refractivity contribution < 1.29 is 14.2 Å². The molecule has 26 heavy (non-hydrogen) atoms. The molecule has 9 nitrogen and oxygen atoms in total. The van der Waals surface area contributed by atoms with Gasteiger partial charge in [-0.15, -0.1) is 0 Å². The number of hydrogen-bond acceptors (Lipinski definition) is 8. The first-order valence-electron chi connectivity index (χ1n) is 8.26. The molecule has 1 saturated heterocycles. The number of aromatic nitrogens is 4. The molecule has 3 aromatic rings. The molecular formula is C17H20N6O3. The van der Waals surface area contributed by atoms with E-state index in [1.807, 2.05) is 30.3 Å². The summed E-state index contributed by atoms with van der Waals surface area (Å²) in [5.41, 5.74) is 13.4. The van der Waals surface area contributed by atoms with Gasteiger partial charge in [0, 0.05) is 0 Å². The first-order valence-corrected chi connectivity index (χ1v) is 8.26. The van der Waals surface area contributed by atoms with Crippen LogP contribution in [0, 0.1) is 0 Å².